The molecule has 1 fully saturated rings. The van der Waals surface area contributed by atoms with Crippen molar-refractivity contribution in [2.75, 3.05) is 11.9 Å². The molecular weight excluding hydrogens is 212 g/mol. The van der Waals surface area contributed by atoms with Gasteiger partial charge in [0.1, 0.15) is 0 Å². The van der Waals surface area contributed by atoms with Gasteiger partial charge in [0.15, 0.2) is 0 Å². The molecule has 3 nitrogen and oxygen atoms in total. The summed E-state index contributed by atoms with van der Waals surface area (Å²) in [5.74, 6) is 0. The molecule has 3 rings (SSSR count). The summed E-state index contributed by atoms with van der Waals surface area (Å²) in [6, 6.07) is 9.06. The third-order valence-corrected chi connectivity index (χ3v) is 3.85. The lowest BCUT2D eigenvalue weighted by Gasteiger charge is -2.31. The molecule has 1 aliphatic carbocycles. The maximum atomic E-state index is 10.5. The van der Waals surface area contributed by atoms with Crippen LogP contribution in [-0.2, 0) is 6.42 Å². The summed E-state index contributed by atoms with van der Waals surface area (Å²) >= 11 is 0. The van der Waals surface area contributed by atoms with Gasteiger partial charge in [-0.15, -0.1) is 0 Å². The number of hydrogen-bond donors (Lipinski definition) is 3. The van der Waals surface area contributed by atoms with Gasteiger partial charge in [-0.1, -0.05) is 18.2 Å². The van der Waals surface area contributed by atoms with Crippen LogP contribution in [0.15, 0.2) is 24.3 Å². The van der Waals surface area contributed by atoms with Gasteiger partial charge in [0.2, 0.25) is 0 Å². The number of aliphatic hydroxyl groups is 1. The van der Waals surface area contributed by atoms with Gasteiger partial charge >= 0.3 is 0 Å². The van der Waals surface area contributed by atoms with Crippen LogP contribution in [0.3, 0.4) is 0 Å². The lowest BCUT2D eigenvalue weighted by atomic mass is 9.93. The quantitative estimate of drug-likeness (QED) is 0.737. The summed E-state index contributed by atoms with van der Waals surface area (Å²) in [6.07, 6.45) is 3.43. The summed E-state index contributed by atoms with van der Waals surface area (Å²) in [6.45, 7) is 2.59. The highest BCUT2D eigenvalue weighted by molar-refractivity contribution is 5.57. The lowest BCUT2D eigenvalue weighted by Crippen LogP contribution is -2.51. The Morgan fingerprint density at radius 1 is 1.41 bits per heavy atom. The number of para-hydroxylation sites is 1. The van der Waals surface area contributed by atoms with Gasteiger partial charge in [-0.25, -0.2) is 0 Å². The maximum absolute atomic E-state index is 10.5. The highest BCUT2D eigenvalue weighted by Crippen LogP contribution is 2.30. The van der Waals surface area contributed by atoms with Crippen LogP contribution in [0.25, 0.3) is 0 Å². The van der Waals surface area contributed by atoms with E-state index in [1.165, 1.54) is 24.1 Å². The molecule has 1 aliphatic heterocycles. The number of benzene rings is 1. The van der Waals surface area contributed by atoms with E-state index in [0.29, 0.717) is 12.6 Å². The number of anilines is 1. The molecular formula is C14H20N2O. The molecule has 0 spiro atoms. The van der Waals surface area contributed by atoms with Gasteiger partial charge in [-0.05, 0) is 37.8 Å². The van der Waals surface area contributed by atoms with Crippen molar-refractivity contribution >= 4 is 5.69 Å². The zero-order valence-corrected chi connectivity index (χ0v) is 10.2. The Labute approximate surface area is 102 Å². The zero-order valence-electron chi connectivity index (χ0n) is 10.2. The number of hydrogen-bond acceptors (Lipinski definition) is 3. The highest BCUT2D eigenvalue weighted by Gasteiger charge is 2.37. The Morgan fingerprint density at radius 3 is 2.88 bits per heavy atom. The normalized spacial score (nSPS) is 26.1. The van der Waals surface area contributed by atoms with E-state index in [-0.39, 0.29) is 6.04 Å². The number of nitrogens with one attached hydrogen (secondary N) is 2. The summed E-state index contributed by atoms with van der Waals surface area (Å²) in [5, 5.41) is 17.4. The summed E-state index contributed by atoms with van der Waals surface area (Å²) < 4.78 is 0. The molecule has 17 heavy (non-hydrogen) atoms. The van der Waals surface area contributed by atoms with Crippen LogP contribution in [-0.4, -0.2) is 29.3 Å². The average Bonchev–Trinajstić information content (AvgIpc) is 3.03. The van der Waals surface area contributed by atoms with Crippen molar-refractivity contribution in [3.05, 3.63) is 29.8 Å². The van der Waals surface area contributed by atoms with Crippen LogP contribution in [0.5, 0.6) is 0 Å². The van der Waals surface area contributed by atoms with Gasteiger partial charge in [0.25, 0.3) is 0 Å². The maximum Gasteiger partial charge on any atom is 0.0946 e. The van der Waals surface area contributed by atoms with Crippen LogP contribution < -0.4 is 10.6 Å². The minimum absolute atomic E-state index is 0.117. The van der Waals surface area contributed by atoms with Gasteiger partial charge in [-0.3, -0.25) is 0 Å². The second-order valence-corrected chi connectivity index (χ2v) is 5.57. The van der Waals surface area contributed by atoms with E-state index in [2.05, 4.69) is 28.8 Å². The Balaban J connectivity index is 1.65. The van der Waals surface area contributed by atoms with E-state index in [1.54, 1.807) is 0 Å². The van der Waals surface area contributed by atoms with Crippen molar-refractivity contribution < 1.29 is 5.11 Å². The SMILES string of the molecule is CC(O)(CNC1CC1)C1Cc2ccccc2N1. The molecule has 1 saturated carbocycles. The standard InChI is InChI=1S/C14H20N2O/c1-14(17,9-15-11-6-7-11)13-8-10-4-2-3-5-12(10)16-13/h2-5,11,13,15-17H,6-9H2,1H3. The Hall–Kier alpha value is -1.06. The van der Waals surface area contributed by atoms with Crippen LogP contribution in [0.1, 0.15) is 25.3 Å². The van der Waals surface area contributed by atoms with Crippen molar-refractivity contribution in [2.24, 2.45) is 0 Å². The molecule has 2 aliphatic rings. The van der Waals surface area contributed by atoms with Crippen molar-refractivity contribution in [3.63, 3.8) is 0 Å². The molecule has 92 valence electrons. The second kappa shape index (κ2) is 4.00. The van der Waals surface area contributed by atoms with E-state index in [4.69, 9.17) is 0 Å². The molecule has 0 radical (unpaired) electrons. The highest BCUT2D eigenvalue weighted by atomic mass is 16.3. The number of fused-ring (bicyclic) bond motifs is 1. The molecule has 2 unspecified atom stereocenters. The predicted molar refractivity (Wildman–Crippen MR) is 69.2 cm³/mol. The topological polar surface area (TPSA) is 44.3 Å². The Bertz CT molecular complexity index is 387. The smallest absolute Gasteiger partial charge is 0.0946 e. The third kappa shape index (κ3) is 2.31. The summed E-state index contributed by atoms with van der Waals surface area (Å²) in [4.78, 5) is 0. The third-order valence-electron chi connectivity index (χ3n) is 3.85. The lowest BCUT2D eigenvalue weighted by molar-refractivity contribution is 0.0414. The summed E-state index contributed by atoms with van der Waals surface area (Å²) in [7, 11) is 0. The van der Waals surface area contributed by atoms with E-state index >= 15 is 0 Å². The van der Waals surface area contributed by atoms with E-state index in [9.17, 15) is 5.11 Å². The fourth-order valence-corrected chi connectivity index (χ4v) is 2.43. The molecule has 2 atom stereocenters. The average molecular weight is 232 g/mol. The first-order valence-corrected chi connectivity index (χ1v) is 6.45. The van der Waals surface area contributed by atoms with Gasteiger partial charge in [-0.2, -0.15) is 0 Å². The molecule has 1 aromatic carbocycles. The van der Waals surface area contributed by atoms with E-state index in [1.807, 2.05) is 13.0 Å². The first-order valence-electron chi connectivity index (χ1n) is 6.45. The second-order valence-electron chi connectivity index (χ2n) is 5.57. The van der Waals surface area contributed by atoms with Crippen molar-refractivity contribution in [3.8, 4) is 0 Å². The molecule has 0 amide bonds. The predicted octanol–water partition coefficient (Wildman–Crippen LogP) is 1.53. The Morgan fingerprint density at radius 2 is 2.18 bits per heavy atom. The van der Waals surface area contributed by atoms with Crippen molar-refractivity contribution in [1.82, 2.24) is 5.32 Å². The summed E-state index contributed by atoms with van der Waals surface area (Å²) in [5.41, 5.74) is 1.79. The zero-order chi connectivity index (χ0) is 11.9. The molecule has 1 heterocycles. The fourth-order valence-electron chi connectivity index (χ4n) is 2.43. The molecule has 0 aromatic heterocycles. The molecule has 1 aromatic rings. The van der Waals surface area contributed by atoms with Crippen LogP contribution in [0.4, 0.5) is 5.69 Å². The minimum Gasteiger partial charge on any atom is -0.387 e. The first-order chi connectivity index (χ1) is 8.15. The van der Waals surface area contributed by atoms with Crippen LogP contribution in [0.2, 0.25) is 0 Å². The van der Waals surface area contributed by atoms with Gasteiger partial charge < -0.3 is 15.7 Å². The van der Waals surface area contributed by atoms with Gasteiger partial charge in [0, 0.05) is 18.3 Å². The van der Waals surface area contributed by atoms with Gasteiger partial charge in [0.05, 0.1) is 11.6 Å². The fraction of sp³-hybridized carbons (Fsp3) is 0.571. The minimum atomic E-state index is -0.693. The van der Waals surface area contributed by atoms with Crippen LogP contribution in [0, 0.1) is 0 Å². The largest absolute Gasteiger partial charge is 0.387 e. The number of rotatable bonds is 4. The molecule has 3 N–H and O–H groups in total. The van der Waals surface area contributed by atoms with Crippen molar-refractivity contribution in [2.45, 2.75) is 43.9 Å². The van der Waals surface area contributed by atoms with Crippen LogP contribution >= 0.6 is 0 Å². The van der Waals surface area contributed by atoms with E-state index < -0.39 is 5.60 Å². The van der Waals surface area contributed by atoms with Crippen molar-refractivity contribution in [1.29, 1.82) is 0 Å². The van der Waals surface area contributed by atoms with E-state index in [0.717, 1.165) is 6.42 Å². The molecule has 0 saturated heterocycles. The molecule has 3 heteroatoms. The molecule has 0 bridgehead atoms. The Kier molecular flexibility index (Phi) is 2.60. The first kappa shape index (κ1) is 11.1. The monoisotopic (exact) mass is 232 g/mol.